The largest absolute Gasteiger partial charge is 0.466 e. The minimum atomic E-state index is -0.391. The maximum atomic E-state index is 11.7. The van der Waals surface area contributed by atoms with Crippen LogP contribution < -0.4 is 11.1 Å². The molecule has 0 aromatic heterocycles. The van der Waals surface area contributed by atoms with Gasteiger partial charge in [0, 0.05) is 13.5 Å². The monoisotopic (exact) mass is 286 g/mol. The van der Waals surface area contributed by atoms with Gasteiger partial charge in [0.05, 0.1) is 31.3 Å². The van der Waals surface area contributed by atoms with Crippen LogP contribution in [0.25, 0.3) is 0 Å². The molecule has 3 N–H and O–H groups in total. The molecule has 5 atom stereocenters. The molecule has 0 aromatic carbocycles. The molecule has 1 heterocycles. The zero-order chi connectivity index (χ0) is 15.3. The molecule has 0 radical (unpaired) electrons. The lowest BCUT2D eigenvalue weighted by Gasteiger charge is -2.44. The van der Waals surface area contributed by atoms with E-state index in [9.17, 15) is 9.59 Å². The molecule has 1 fully saturated rings. The number of hydrogen-bond acceptors (Lipinski definition) is 5. The van der Waals surface area contributed by atoms with Gasteiger partial charge in [0.1, 0.15) is 0 Å². The molecule has 1 aliphatic heterocycles. The van der Waals surface area contributed by atoms with Gasteiger partial charge in [-0.2, -0.15) is 0 Å². The lowest BCUT2D eigenvalue weighted by Crippen LogP contribution is -2.58. The van der Waals surface area contributed by atoms with Crippen molar-refractivity contribution in [1.29, 1.82) is 0 Å². The average Bonchev–Trinajstić information content (AvgIpc) is 2.38. The third-order valence-electron chi connectivity index (χ3n) is 4.01. The van der Waals surface area contributed by atoms with Gasteiger partial charge in [0.15, 0.2) is 0 Å². The smallest absolute Gasteiger partial charge is 0.308 e. The van der Waals surface area contributed by atoms with Crippen LogP contribution in [-0.2, 0) is 19.1 Å². The van der Waals surface area contributed by atoms with Crippen molar-refractivity contribution in [2.45, 2.75) is 52.4 Å². The van der Waals surface area contributed by atoms with E-state index < -0.39 is 6.10 Å². The molecule has 1 aliphatic rings. The fraction of sp³-hybridized carbons (Fsp3) is 0.857. The van der Waals surface area contributed by atoms with Crippen molar-refractivity contribution in [3.63, 3.8) is 0 Å². The van der Waals surface area contributed by atoms with E-state index in [1.54, 1.807) is 6.92 Å². The van der Waals surface area contributed by atoms with Crippen LogP contribution in [0.1, 0.15) is 34.1 Å². The molecule has 1 rings (SSSR count). The molecule has 6 nitrogen and oxygen atoms in total. The summed E-state index contributed by atoms with van der Waals surface area (Å²) in [5, 5.41) is 2.89. The molecular formula is C14H26N2O4. The highest BCUT2D eigenvalue weighted by atomic mass is 16.5. The SMILES string of the molecule is CCOC(=O)C[C@@H]1O[C@H](CN)[C@@H](C)[C@H](C)[C@H]1NC(C)=O. The minimum absolute atomic E-state index is 0.102. The van der Waals surface area contributed by atoms with Crippen LogP contribution in [0.4, 0.5) is 0 Å². The van der Waals surface area contributed by atoms with Crippen LogP contribution in [0.15, 0.2) is 0 Å². The Bertz CT molecular complexity index is 348. The van der Waals surface area contributed by atoms with E-state index in [1.807, 2.05) is 0 Å². The predicted molar refractivity (Wildman–Crippen MR) is 74.9 cm³/mol. The molecule has 0 unspecified atom stereocenters. The molecule has 0 spiro atoms. The molecule has 6 heteroatoms. The van der Waals surface area contributed by atoms with Crippen molar-refractivity contribution in [2.75, 3.05) is 13.2 Å². The summed E-state index contributed by atoms with van der Waals surface area (Å²) < 4.78 is 10.9. The molecule has 0 aromatic rings. The quantitative estimate of drug-likeness (QED) is 0.716. The van der Waals surface area contributed by atoms with E-state index in [1.165, 1.54) is 6.92 Å². The summed E-state index contributed by atoms with van der Waals surface area (Å²) in [4.78, 5) is 23.0. The maximum absolute atomic E-state index is 11.7. The van der Waals surface area contributed by atoms with Crippen LogP contribution in [0, 0.1) is 11.8 Å². The molecule has 20 heavy (non-hydrogen) atoms. The van der Waals surface area contributed by atoms with Crippen molar-refractivity contribution >= 4 is 11.9 Å². The highest BCUT2D eigenvalue weighted by Crippen LogP contribution is 2.31. The van der Waals surface area contributed by atoms with Crippen molar-refractivity contribution in [2.24, 2.45) is 17.6 Å². The van der Waals surface area contributed by atoms with Crippen LogP contribution in [0.3, 0.4) is 0 Å². The summed E-state index contributed by atoms with van der Waals surface area (Å²) >= 11 is 0. The van der Waals surface area contributed by atoms with Crippen LogP contribution in [0.5, 0.6) is 0 Å². The number of carbonyl (C=O) groups excluding carboxylic acids is 2. The summed E-state index contributed by atoms with van der Waals surface area (Å²) in [5.41, 5.74) is 5.73. The van der Waals surface area contributed by atoms with Gasteiger partial charge in [-0.3, -0.25) is 9.59 Å². The second-order valence-corrected chi connectivity index (χ2v) is 5.40. The topological polar surface area (TPSA) is 90.7 Å². The van der Waals surface area contributed by atoms with E-state index in [2.05, 4.69) is 19.2 Å². The predicted octanol–water partition coefficient (Wildman–Crippen LogP) is 0.443. The maximum Gasteiger partial charge on any atom is 0.308 e. The Labute approximate surface area is 120 Å². The first-order valence-corrected chi connectivity index (χ1v) is 7.18. The van der Waals surface area contributed by atoms with Crippen molar-refractivity contribution in [3.8, 4) is 0 Å². The average molecular weight is 286 g/mol. The Morgan fingerprint density at radius 3 is 2.40 bits per heavy atom. The molecule has 0 saturated carbocycles. The first kappa shape index (κ1) is 16.9. The van der Waals surface area contributed by atoms with Crippen molar-refractivity contribution < 1.29 is 19.1 Å². The third-order valence-corrected chi connectivity index (χ3v) is 4.01. The normalized spacial score (nSPS) is 33.5. The number of hydrogen-bond donors (Lipinski definition) is 2. The highest BCUT2D eigenvalue weighted by Gasteiger charge is 2.42. The van der Waals surface area contributed by atoms with E-state index in [-0.39, 0.29) is 42.3 Å². The number of nitrogens with one attached hydrogen (secondary N) is 1. The number of rotatable bonds is 5. The molecule has 116 valence electrons. The zero-order valence-corrected chi connectivity index (χ0v) is 12.7. The van der Waals surface area contributed by atoms with Crippen LogP contribution in [-0.4, -0.2) is 43.3 Å². The Morgan fingerprint density at radius 1 is 1.25 bits per heavy atom. The summed E-state index contributed by atoms with van der Waals surface area (Å²) in [6.45, 7) is 8.07. The minimum Gasteiger partial charge on any atom is -0.466 e. The van der Waals surface area contributed by atoms with E-state index in [4.69, 9.17) is 15.2 Å². The van der Waals surface area contributed by atoms with Gasteiger partial charge in [-0.15, -0.1) is 0 Å². The Balaban J connectivity index is 2.83. The number of ether oxygens (including phenoxy) is 2. The third kappa shape index (κ3) is 4.18. The fourth-order valence-corrected chi connectivity index (χ4v) is 2.73. The molecule has 0 aliphatic carbocycles. The summed E-state index contributed by atoms with van der Waals surface area (Å²) in [7, 11) is 0. The van der Waals surface area contributed by atoms with Gasteiger partial charge in [-0.25, -0.2) is 0 Å². The van der Waals surface area contributed by atoms with E-state index >= 15 is 0 Å². The molecule has 1 amide bonds. The van der Waals surface area contributed by atoms with Crippen molar-refractivity contribution in [1.82, 2.24) is 5.32 Å². The Morgan fingerprint density at radius 2 is 1.90 bits per heavy atom. The van der Waals surface area contributed by atoms with E-state index in [0.29, 0.717) is 13.2 Å². The van der Waals surface area contributed by atoms with Gasteiger partial charge < -0.3 is 20.5 Å². The highest BCUT2D eigenvalue weighted by molar-refractivity contribution is 5.74. The second-order valence-electron chi connectivity index (χ2n) is 5.40. The number of nitrogens with two attached hydrogens (primary N) is 1. The Hall–Kier alpha value is -1.14. The number of carbonyl (C=O) groups is 2. The zero-order valence-electron chi connectivity index (χ0n) is 12.7. The lowest BCUT2D eigenvalue weighted by molar-refractivity contribution is -0.158. The first-order chi connectivity index (χ1) is 9.40. The first-order valence-electron chi connectivity index (χ1n) is 7.18. The Kier molecular flexibility index (Phi) is 6.42. The van der Waals surface area contributed by atoms with Gasteiger partial charge >= 0.3 is 5.97 Å². The fourth-order valence-electron chi connectivity index (χ4n) is 2.73. The molecular weight excluding hydrogens is 260 g/mol. The van der Waals surface area contributed by atoms with Gasteiger partial charge in [0.2, 0.25) is 5.91 Å². The second kappa shape index (κ2) is 7.59. The van der Waals surface area contributed by atoms with Gasteiger partial charge in [-0.05, 0) is 18.8 Å². The number of esters is 1. The summed E-state index contributed by atoms with van der Waals surface area (Å²) in [5.74, 6) is -0.0426. The van der Waals surface area contributed by atoms with E-state index in [0.717, 1.165) is 0 Å². The summed E-state index contributed by atoms with van der Waals surface area (Å²) in [6, 6.07) is -0.199. The van der Waals surface area contributed by atoms with Gasteiger partial charge in [0.25, 0.3) is 0 Å². The standard InChI is InChI=1S/C14H26N2O4/c1-5-19-13(18)6-11-14(16-10(4)17)9(3)8(2)12(7-15)20-11/h8-9,11-12,14H,5-7,15H2,1-4H3,(H,16,17)/t8-,9-,11-,12+,14+/m0/s1. The summed E-state index contributed by atoms with van der Waals surface area (Å²) in [6.07, 6.45) is -0.362. The van der Waals surface area contributed by atoms with Crippen LogP contribution in [0.2, 0.25) is 0 Å². The molecule has 1 saturated heterocycles. The lowest BCUT2D eigenvalue weighted by atomic mass is 9.79. The van der Waals surface area contributed by atoms with Gasteiger partial charge in [-0.1, -0.05) is 13.8 Å². The van der Waals surface area contributed by atoms with Crippen molar-refractivity contribution in [3.05, 3.63) is 0 Å². The number of amides is 1. The van der Waals surface area contributed by atoms with Crippen LogP contribution >= 0.6 is 0 Å². The molecule has 0 bridgehead atoms.